The van der Waals surface area contributed by atoms with Gasteiger partial charge in [0.15, 0.2) is 11.5 Å². The van der Waals surface area contributed by atoms with Crippen LogP contribution in [0.4, 0.5) is 26.0 Å². The first-order chi connectivity index (χ1) is 16.0. The van der Waals surface area contributed by atoms with Crippen LogP contribution in [-0.2, 0) is 13.0 Å². The molecule has 10 heteroatoms. The standard InChI is InChI=1S/C23H20F2N6O2/c1-14-9-20-26-7-5-21(32)31(20)29-22(14)30-8-6-19-15(13-30)10-17(12-27-19)28-16-3-2-4-18(11-16)33-23(24)25/h2-5,7,9-12,23,28H,6,8,13H2,1H3. The van der Waals surface area contributed by atoms with E-state index in [0.29, 0.717) is 24.4 Å². The van der Waals surface area contributed by atoms with Crippen LogP contribution in [0.3, 0.4) is 0 Å². The normalized spacial score (nSPS) is 13.3. The average Bonchev–Trinajstić information content (AvgIpc) is 2.78. The van der Waals surface area contributed by atoms with Crippen LogP contribution >= 0.6 is 0 Å². The van der Waals surface area contributed by atoms with Crippen LogP contribution in [-0.4, -0.2) is 32.7 Å². The second-order valence-electron chi connectivity index (χ2n) is 7.74. The van der Waals surface area contributed by atoms with Gasteiger partial charge in [-0.05, 0) is 42.3 Å². The molecule has 0 amide bonds. The van der Waals surface area contributed by atoms with Gasteiger partial charge in [0, 0.05) is 49.2 Å². The molecule has 3 aromatic heterocycles. The highest BCUT2D eigenvalue weighted by Gasteiger charge is 2.21. The Morgan fingerprint density at radius 3 is 2.85 bits per heavy atom. The van der Waals surface area contributed by atoms with Crippen LogP contribution in [0.1, 0.15) is 16.8 Å². The molecule has 5 rings (SSSR count). The fraction of sp³-hybridized carbons (Fsp3) is 0.217. The molecule has 168 valence electrons. The summed E-state index contributed by atoms with van der Waals surface area (Å²) >= 11 is 0. The number of aryl methyl sites for hydroxylation is 1. The number of nitrogens with one attached hydrogen (secondary N) is 1. The van der Waals surface area contributed by atoms with E-state index in [9.17, 15) is 13.6 Å². The Bertz CT molecular complexity index is 1390. The second-order valence-corrected chi connectivity index (χ2v) is 7.74. The minimum Gasteiger partial charge on any atom is -0.435 e. The number of pyridine rings is 1. The lowest BCUT2D eigenvalue weighted by Gasteiger charge is -2.30. The van der Waals surface area contributed by atoms with Gasteiger partial charge in [0.25, 0.3) is 5.56 Å². The Labute approximate surface area is 187 Å². The van der Waals surface area contributed by atoms with E-state index in [0.717, 1.165) is 34.7 Å². The number of halogens is 2. The maximum Gasteiger partial charge on any atom is 0.387 e. The molecule has 4 heterocycles. The van der Waals surface area contributed by atoms with Crippen LogP contribution in [0.25, 0.3) is 5.65 Å². The molecule has 0 unspecified atom stereocenters. The molecule has 0 spiro atoms. The van der Waals surface area contributed by atoms with E-state index in [1.54, 1.807) is 18.3 Å². The lowest BCUT2D eigenvalue weighted by molar-refractivity contribution is -0.0498. The first-order valence-electron chi connectivity index (χ1n) is 10.4. The number of aromatic nitrogens is 4. The molecule has 1 aliphatic heterocycles. The molecule has 0 saturated carbocycles. The number of hydrogen-bond donors (Lipinski definition) is 1. The van der Waals surface area contributed by atoms with Crippen LogP contribution in [0.2, 0.25) is 0 Å². The lowest BCUT2D eigenvalue weighted by Crippen LogP contribution is -2.33. The molecule has 0 bridgehead atoms. The summed E-state index contributed by atoms with van der Waals surface area (Å²) in [5, 5.41) is 7.74. The molecule has 0 saturated heterocycles. The van der Waals surface area contributed by atoms with Crippen LogP contribution in [0.15, 0.2) is 59.7 Å². The van der Waals surface area contributed by atoms with Crippen molar-refractivity contribution in [1.82, 2.24) is 19.6 Å². The van der Waals surface area contributed by atoms with Crippen molar-refractivity contribution in [3.63, 3.8) is 0 Å². The highest BCUT2D eigenvalue weighted by atomic mass is 19.3. The van der Waals surface area contributed by atoms with E-state index in [-0.39, 0.29) is 11.3 Å². The molecular formula is C23H20F2N6O2. The summed E-state index contributed by atoms with van der Waals surface area (Å²) in [6.45, 7) is 0.354. The van der Waals surface area contributed by atoms with Gasteiger partial charge in [-0.1, -0.05) is 6.07 Å². The summed E-state index contributed by atoms with van der Waals surface area (Å²) in [6, 6.07) is 11.6. The minimum absolute atomic E-state index is 0.0784. The highest BCUT2D eigenvalue weighted by molar-refractivity contribution is 5.62. The molecule has 0 radical (unpaired) electrons. The minimum atomic E-state index is -2.88. The van der Waals surface area contributed by atoms with E-state index in [2.05, 4.69) is 30.0 Å². The largest absolute Gasteiger partial charge is 0.435 e. The van der Waals surface area contributed by atoms with Crippen molar-refractivity contribution in [2.24, 2.45) is 0 Å². The fourth-order valence-electron chi connectivity index (χ4n) is 3.95. The number of benzene rings is 1. The summed E-state index contributed by atoms with van der Waals surface area (Å²) in [7, 11) is 0. The van der Waals surface area contributed by atoms with Crippen LogP contribution in [0, 0.1) is 6.92 Å². The van der Waals surface area contributed by atoms with Gasteiger partial charge in [-0.15, -0.1) is 5.10 Å². The fourth-order valence-corrected chi connectivity index (χ4v) is 3.95. The Balaban J connectivity index is 1.40. The van der Waals surface area contributed by atoms with E-state index >= 15 is 0 Å². The number of nitrogens with zero attached hydrogens (tertiary/aromatic N) is 5. The Morgan fingerprint density at radius 1 is 1.12 bits per heavy atom. The summed E-state index contributed by atoms with van der Waals surface area (Å²) in [5.41, 5.74) is 4.55. The maximum absolute atomic E-state index is 12.5. The number of ether oxygens (including phenoxy) is 1. The van der Waals surface area contributed by atoms with Crippen LogP contribution < -0.4 is 20.5 Å². The number of anilines is 3. The van der Waals surface area contributed by atoms with Crippen molar-refractivity contribution in [3.05, 3.63) is 82.0 Å². The van der Waals surface area contributed by atoms with Gasteiger partial charge in [0.1, 0.15) is 5.75 Å². The van der Waals surface area contributed by atoms with Gasteiger partial charge in [0.05, 0.1) is 11.9 Å². The third kappa shape index (κ3) is 4.32. The SMILES string of the molecule is Cc1cc2nccc(=O)n2nc1N1CCc2ncc(Nc3cccc(OC(F)F)c3)cc2C1. The third-order valence-corrected chi connectivity index (χ3v) is 5.43. The molecule has 8 nitrogen and oxygen atoms in total. The van der Waals surface area contributed by atoms with Gasteiger partial charge >= 0.3 is 6.61 Å². The van der Waals surface area contributed by atoms with E-state index in [1.165, 1.54) is 28.9 Å². The zero-order valence-corrected chi connectivity index (χ0v) is 17.7. The smallest absolute Gasteiger partial charge is 0.387 e. The molecule has 0 fully saturated rings. The molecule has 4 aromatic rings. The number of alkyl halides is 2. The molecule has 1 aliphatic rings. The zero-order valence-electron chi connectivity index (χ0n) is 17.7. The monoisotopic (exact) mass is 450 g/mol. The van der Waals surface area contributed by atoms with Crippen molar-refractivity contribution in [2.45, 2.75) is 26.5 Å². The zero-order chi connectivity index (χ0) is 22.9. The Morgan fingerprint density at radius 2 is 2.00 bits per heavy atom. The van der Waals surface area contributed by atoms with E-state index in [1.807, 2.05) is 19.1 Å². The predicted octanol–water partition coefficient (Wildman–Crippen LogP) is 3.70. The van der Waals surface area contributed by atoms with Crippen molar-refractivity contribution in [1.29, 1.82) is 0 Å². The number of rotatable bonds is 5. The number of hydrogen-bond acceptors (Lipinski definition) is 7. The van der Waals surface area contributed by atoms with Gasteiger partial charge < -0.3 is 15.0 Å². The van der Waals surface area contributed by atoms with Crippen molar-refractivity contribution in [3.8, 4) is 5.75 Å². The van der Waals surface area contributed by atoms with Crippen molar-refractivity contribution in [2.75, 3.05) is 16.8 Å². The Hall–Kier alpha value is -4.08. The Kier molecular flexibility index (Phi) is 5.33. The summed E-state index contributed by atoms with van der Waals surface area (Å²) in [6.07, 6.45) is 3.93. The first-order valence-corrected chi connectivity index (χ1v) is 10.4. The lowest BCUT2D eigenvalue weighted by atomic mass is 10.0. The molecule has 1 N–H and O–H groups in total. The van der Waals surface area contributed by atoms with Gasteiger partial charge in [-0.3, -0.25) is 9.78 Å². The summed E-state index contributed by atoms with van der Waals surface area (Å²) < 4.78 is 30.8. The summed E-state index contributed by atoms with van der Waals surface area (Å²) in [4.78, 5) is 23.1. The van der Waals surface area contributed by atoms with E-state index < -0.39 is 6.61 Å². The third-order valence-electron chi connectivity index (χ3n) is 5.43. The van der Waals surface area contributed by atoms with E-state index in [4.69, 9.17) is 0 Å². The van der Waals surface area contributed by atoms with Gasteiger partial charge in [-0.2, -0.15) is 13.3 Å². The van der Waals surface area contributed by atoms with Gasteiger partial charge in [0.2, 0.25) is 0 Å². The summed E-state index contributed by atoms with van der Waals surface area (Å²) in [5.74, 6) is 0.799. The quantitative estimate of drug-likeness (QED) is 0.496. The van der Waals surface area contributed by atoms with Crippen molar-refractivity contribution < 1.29 is 13.5 Å². The molecule has 1 aromatic carbocycles. The molecule has 33 heavy (non-hydrogen) atoms. The van der Waals surface area contributed by atoms with Crippen molar-refractivity contribution >= 4 is 22.8 Å². The second kappa shape index (κ2) is 8.45. The average molecular weight is 450 g/mol. The molecular weight excluding hydrogens is 430 g/mol. The maximum atomic E-state index is 12.5. The molecule has 0 atom stereocenters. The molecule has 0 aliphatic carbocycles. The predicted molar refractivity (Wildman–Crippen MR) is 119 cm³/mol. The highest BCUT2D eigenvalue weighted by Crippen LogP contribution is 2.28. The topological polar surface area (TPSA) is 84.7 Å². The first kappa shape index (κ1) is 20.8. The van der Waals surface area contributed by atoms with Gasteiger partial charge in [-0.25, -0.2) is 4.98 Å². The number of fused-ring (bicyclic) bond motifs is 2. The van der Waals surface area contributed by atoms with Crippen LogP contribution in [0.5, 0.6) is 5.75 Å².